The first kappa shape index (κ1) is 27.6. The number of nitrogens with zero attached hydrogens (tertiary/aromatic N) is 2. The Kier molecular flexibility index (Phi) is 9.84. The molecular weight excluding hydrogens is 461 g/mol. The predicted molar refractivity (Wildman–Crippen MR) is 139 cm³/mol. The van der Waals surface area contributed by atoms with Gasteiger partial charge >= 0.3 is 0 Å². The minimum absolute atomic E-state index is 0.0615. The second-order valence-electron chi connectivity index (χ2n) is 9.63. The predicted octanol–water partition coefficient (Wildman–Crippen LogP) is 4.57. The van der Waals surface area contributed by atoms with E-state index in [-0.39, 0.29) is 35.7 Å². The summed E-state index contributed by atoms with van der Waals surface area (Å²) < 4.78 is 26.4. The smallest absolute Gasteiger partial charge is 0.257 e. The maximum atomic E-state index is 14.5. The Morgan fingerprint density at radius 2 is 1.94 bits per heavy atom. The van der Waals surface area contributed by atoms with Crippen LogP contribution in [0.25, 0.3) is 0 Å². The van der Waals surface area contributed by atoms with Crippen molar-refractivity contribution in [2.45, 2.75) is 52.3 Å². The number of likely N-dealkylation sites (N-methyl/N-ethyl adjacent to an activating group) is 1. The molecule has 0 unspecified atom stereocenters. The molecule has 0 spiro atoms. The number of fused-ring (bicyclic) bond motifs is 1. The minimum Gasteiger partial charge on any atom is -0.491 e. The highest BCUT2D eigenvalue weighted by Crippen LogP contribution is 2.27. The van der Waals surface area contributed by atoms with Crippen LogP contribution in [0.15, 0.2) is 42.5 Å². The van der Waals surface area contributed by atoms with Gasteiger partial charge in [0.25, 0.3) is 5.91 Å². The second-order valence-corrected chi connectivity index (χ2v) is 9.63. The molecular formula is C28H38FN3O4. The number of rotatable bonds is 6. The Labute approximate surface area is 213 Å². The number of benzene rings is 2. The molecule has 1 heterocycles. The highest BCUT2D eigenvalue weighted by Gasteiger charge is 2.29. The number of amides is 2. The van der Waals surface area contributed by atoms with Crippen LogP contribution in [0.2, 0.25) is 0 Å². The van der Waals surface area contributed by atoms with Gasteiger partial charge in [0, 0.05) is 57.5 Å². The van der Waals surface area contributed by atoms with E-state index in [9.17, 15) is 14.0 Å². The molecule has 196 valence electrons. The van der Waals surface area contributed by atoms with Crippen LogP contribution in [0.1, 0.15) is 49.5 Å². The van der Waals surface area contributed by atoms with E-state index in [1.54, 1.807) is 49.4 Å². The molecule has 3 atom stereocenters. The number of methoxy groups -OCH3 is 1. The van der Waals surface area contributed by atoms with Gasteiger partial charge in [-0.3, -0.25) is 14.5 Å². The van der Waals surface area contributed by atoms with Gasteiger partial charge in [-0.15, -0.1) is 0 Å². The SMILES string of the molecule is CCCC(=O)Nc1ccc2c(c1)C(=O)N(C)C[C@@H](OC)[C@H](C)CN(Cc1ccccc1F)[C@H](C)CO2. The third-order valence-electron chi connectivity index (χ3n) is 6.67. The van der Waals surface area contributed by atoms with Gasteiger partial charge in [-0.2, -0.15) is 0 Å². The molecule has 2 amide bonds. The fraction of sp³-hybridized carbons (Fsp3) is 0.500. The third-order valence-corrected chi connectivity index (χ3v) is 6.67. The zero-order chi connectivity index (χ0) is 26.2. The van der Waals surface area contributed by atoms with E-state index in [4.69, 9.17) is 9.47 Å². The summed E-state index contributed by atoms with van der Waals surface area (Å²) in [6, 6.07) is 11.9. The summed E-state index contributed by atoms with van der Waals surface area (Å²) in [7, 11) is 3.38. The Bertz CT molecular complexity index is 1050. The van der Waals surface area contributed by atoms with E-state index in [2.05, 4.69) is 17.1 Å². The van der Waals surface area contributed by atoms with Gasteiger partial charge in [0.2, 0.25) is 5.91 Å². The molecule has 2 aromatic rings. The van der Waals surface area contributed by atoms with Gasteiger partial charge in [-0.05, 0) is 43.5 Å². The number of hydrogen-bond donors (Lipinski definition) is 1. The van der Waals surface area contributed by atoms with E-state index >= 15 is 0 Å². The number of anilines is 1. The first-order valence-corrected chi connectivity index (χ1v) is 12.6. The summed E-state index contributed by atoms with van der Waals surface area (Å²) in [5, 5.41) is 2.86. The molecule has 0 radical (unpaired) electrons. The van der Waals surface area contributed by atoms with Gasteiger partial charge < -0.3 is 19.7 Å². The average molecular weight is 500 g/mol. The van der Waals surface area contributed by atoms with Gasteiger partial charge in [0.15, 0.2) is 0 Å². The summed E-state index contributed by atoms with van der Waals surface area (Å²) in [5.41, 5.74) is 1.55. The summed E-state index contributed by atoms with van der Waals surface area (Å²) >= 11 is 0. The number of nitrogens with one attached hydrogen (secondary N) is 1. The van der Waals surface area contributed by atoms with Crippen LogP contribution in [0.3, 0.4) is 0 Å². The van der Waals surface area contributed by atoms with E-state index in [1.165, 1.54) is 6.07 Å². The van der Waals surface area contributed by atoms with E-state index in [0.29, 0.717) is 55.2 Å². The van der Waals surface area contributed by atoms with Gasteiger partial charge in [-0.25, -0.2) is 4.39 Å². The highest BCUT2D eigenvalue weighted by atomic mass is 19.1. The van der Waals surface area contributed by atoms with Gasteiger partial charge in [0.05, 0.1) is 11.7 Å². The first-order chi connectivity index (χ1) is 17.2. The average Bonchev–Trinajstić information content (AvgIpc) is 2.85. The standard InChI is InChI=1S/C28H38FN3O4/c1-6-9-27(33)30-22-12-13-25-23(14-22)28(34)31(4)17-26(35-5)19(2)15-32(20(3)18-36-25)16-21-10-7-8-11-24(21)29/h7-8,10-14,19-20,26H,6,9,15-18H2,1-5H3,(H,30,33)/t19-,20-,26-/m1/s1. The quantitative estimate of drug-likeness (QED) is 0.631. The van der Waals surface area contributed by atoms with Crippen molar-refractivity contribution in [2.24, 2.45) is 5.92 Å². The van der Waals surface area contributed by atoms with Crippen molar-refractivity contribution in [3.63, 3.8) is 0 Å². The van der Waals surface area contributed by atoms with E-state index < -0.39 is 0 Å². The summed E-state index contributed by atoms with van der Waals surface area (Å²) in [4.78, 5) is 29.4. The lowest BCUT2D eigenvalue weighted by Gasteiger charge is -2.36. The molecule has 2 aromatic carbocycles. The number of ether oxygens (including phenoxy) is 2. The molecule has 36 heavy (non-hydrogen) atoms. The summed E-state index contributed by atoms with van der Waals surface area (Å²) in [5.74, 6) is -0.0278. The van der Waals surface area contributed by atoms with Crippen LogP contribution in [0, 0.1) is 11.7 Å². The molecule has 8 heteroatoms. The van der Waals surface area contributed by atoms with Crippen LogP contribution in [-0.4, -0.2) is 67.6 Å². The second kappa shape index (κ2) is 12.8. The fourth-order valence-electron chi connectivity index (χ4n) is 4.45. The lowest BCUT2D eigenvalue weighted by Crippen LogP contribution is -2.46. The zero-order valence-electron chi connectivity index (χ0n) is 21.9. The Balaban J connectivity index is 1.93. The largest absolute Gasteiger partial charge is 0.491 e. The van der Waals surface area contributed by atoms with Crippen LogP contribution in [-0.2, 0) is 16.1 Å². The monoisotopic (exact) mass is 499 g/mol. The summed E-state index contributed by atoms with van der Waals surface area (Å²) in [6.07, 6.45) is 0.925. The molecule has 7 nitrogen and oxygen atoms in total. The van der Waals surface area contributed by atoms with Crippen molar-refractivity contribution >= 4 is 17.5 Å². The Hall–Kier alpha value is -2.97. The maximum absolute atomic E-state index is 14.5. The fourth-order valence-corrected chi connectivity index (χ4v) is 4.45. The van der Waals surface area contributed by atoms with Crippen molar-refractivity contribution in [2.75, 3.05) is 39.2 Å². The number of halogens is 1. The normalized spacial score (nSPS) is 21.7. The van der Waals surface area contributed by atoms with Crippen molar-refractivity contribution in [3.05, 3.63) is 59.4 Å². The van der Waals surface area contributed by atoms with Crippen LogP contribution in [0.5, 0.6) is 5.75 Å². The molecule has 0 bridgehead atoms. The first-order valence-electron chi connectivity index (χ1n) is 12.6. The molecule has 0 saturated heterocycles. The van der Waals surface area contributed by atoms with Crippen LogP contribution in [0.4, 0.5) is 10.1 Å². The third kappa shape index (κ3) is 7.04. The molecule has 0 aromatic heterocycles. The van der Waals surface area contributed by atoms with Crippen molar-refractivity contribution in [1.29, 1.82) is 0 Å². The molecule has 3 rings (SSSR count). The van der Waals surface area contributed by atoms with Crippen LogP contribution < -0.4 is 10.1 Å². The molecule has 0 aliphatic carbocycles. The molecule has 1 N–H and O–H groups in total. The molecule has 0 fully saturated rings. The lowest BCUT2D eigenvalue weighted by atomic mass is 10.0. The Morgan fingerprint density at radius 1 is 1.19 bits per heavy atom. The molecule has 1 aliphatic heterocycles. The van der Waals surface area contributed by atoms with Gasteiger partial charge in [0.1, 0.15) is 18.2 Å². The van der Waals surface area contributed by atoms with Crippen molar-refractivity contribution < 1.29 is 23.5 Å². The zero-order valence-corrected chi connectivity index (χ0v) is 21.9. The molecule has 0 saturated carbocycles. The van der Waals surface area contributed by atoms with Crippen molar-refractivity contribution in [3.8, 4) is 5.75 Å². The van der Waals surface area contributed by atoms with E-state index in [0.717, 1.165) is 6.42 Å². The lowest BCUT2D eigenvalue weighted by molar-refractivity contribution is -0.116. The van der Waals surface area contributed by atoms with E-state index in [1.807, 2.05) is 19.9 Å². The Morgan fingerprint density at radius 3 is 2.64 bits per heavy atom. The number of carbonyl (C=O) groups is 2. The van der Waals surface area contributed by atoms with Crippen LogP contribution >= 0.6 is 0 Å². The minimum atomic E-state index is -0.235. The highest BCUT2D eigenvalue weighted by molar-refractivity contribution is 5.99. The molecule has 1 aliphatic rings. The maximum Gasteiger partial charge on any atom is 0.257 e. The van der Waals surface area contributed by atoms with Gasteiger partial charge in [-0.1, -0.05) is 32.0 Å². The van der Waals surface area contributed by atoms with Crippen molar-refractivity contribution in [1.82, 2.24) is 9.80 Å². The summed E-state index contributed by atoms with van der Waals surface area (Å²) in [6.45, 7) is 7.82. The number of carbonyl (C=O) groups excluding carboxylic acids is 2. The topological polar surface area (TPSA) is 71.1 Å². The number of hydrogen-bond acceptors (Lipinski definition) is 5.